The fraction of sp³-hybridized carbons (Fsp3) is 0.667. The number of rotatable bonds is 1. The van der Waals surface area contributed by atoms with Crippen LogP contribution in [0.5, 0.6) is 5.75 Å². The average molecular weight is 288 g/mol. The van der Waals surface area contributed by atoms with E-state index in [1.165, 1.54) is 24.0 Å². The fourth-order valence-electron chi connectivity index (χ4n) is 5.24. The Labute approximate surface area is 126 Å². The van der Waals surface area contributed by atoms with Crippen LogP contribution in [0, 0.1) is 17.3 Å². The molecule has 1 heterocycles. The molecule has 1 aromatic carbocycles. The normalized spacial score (nSPS) is 41.2. The molecule has 2 fully saturated rings. The molecule has 114 valence electrons. The van der Waals surface area contributed by atoms with Crippen LogP contribution in [0.15, 0.2) is 18.2 Å². The summed E-state index contributed by atoms with van der Waals surface area (Å²) in [6.45, 7) is 3.19. The quantitative estimate of drug-likeness (QED) is 0.860. The van der Waals surface area contributed by atoms with Crippen molar-refractivity contribution in [1.82, 2.24) is 0 Å². The number of hydrogen-bond donors (Lipinski definition) is 1. The number of fused-ring (bicyclic) bond motifs is 5. The lowest BCUT2D eigenvalue weighted by Gasteiger charge is -2.49. The van der Waals surface area contributed by atoms with E-state index in [0.29, 0.717) is 23.5 Å². The van der Waals surface area contributed by atoms with E-state index in [-0.39, 0.29) is 11.7 Å². The van der Waals surface area contributed by atoms with Crippen molar-refractivity contribution in [2.45, 2.75) is 44.8 Å². The van der Waals surface area contributed by atoms with Gasteiger partial charge < -0.3 is 14.6 Å². The van der Waals surface area contributed by atoms with Crippen LogP contribution in [-0.2, 0) is 15.9 Å². The summed E-state index contributed by atoms with van der Waals surface area (Å²) in [5.41, 5.74) is 2.98. The molecule has 1 aromatic rings. The standard InChI is InChI=1S/C18H24O3/c1-18-8-7-14-13-6-4-12(19)9-11(13)3-5-15(14)16(18)10-21-17(18)20-2/h4,6,9,14-17,19H,3,5,7-8,10H2,1-2H3/t14-,15-,16+,17-,18+/m1/s1. The maximum atomic E-state index is 9.71. The summed E-state index contributed by atoms with van der Waals surface area (Å²) in [7, 11) is 1.77. The molecule has 1 saturated heterocycles. The van der Waals surface area contributed by atoms with Crippen LogP contribution in [0.1, 0.15) is 43.2 Å². The van der Waals surface area contributed by atoms with E-state index < -0.39 is 0 Å². The number of hydrogen-bond acceptors (Lipinski definition) is 3. The van der Waals surface area contributed by atoms with Crippen molar-refractivity contribution < 1.29 is 14.6 Å². The van der Waals surface area contributed by atoms with Crippen molar-refractivity contribution in [2.24, 2.45) is 17.3 Å². The minimum Gasteiger partial charge on any atom is -0.508 e. The van der Waals surface area contributed by atoms with Gasteiger partial charge in [0.05, 0.1) is 6.61 Å². The number of phenols is 1. The molecule has 1 N–H and O–H groups in total. The number of phenolic OH excluding ortho intramolecular Hbond substituents is 1. The molecular weight excluding hydrogens is 264 g/mol. The van der Waals surface area contributed by atoms with Crippen molar-refractivity contribution in [2.75, 3.05) is 13.7 Å². The van der Waals surface area contributed by atoms with E-state index in [9.17, 15) is 5.11 Å². The summed E-state index contributed by atoms with van der Waals surface area (Å²) in [6, 6.07) is 5.95. The second kappa shape index (κ2) is 4.72. The van der Waals surface area contributed by atoms with E-state index >= 15 is 0 Å². The SMILES string of the molecule is CO[C@@H]1OC[C@H]2[C@@H]3CCc4cc(O)ccc4[C@H]3CC[C@]12C. The van der Waals surface area contributed by atoms with E-state index in [1.807, 2.05) is 12.1 Å². The van der Waals surface area contributed by atoms with Crippen molar-refractivity contribution in [3.05, 3.63) is 29.3 Å². The molecule has 0 bridgehead atoms. The summed E-state index contributed by atoms with van der Waals surface area (Å²) in [5.74, 6) is 2.33. The number of ether oxygens (including phenoxy) is 2. The maximum Gasteiger partial charge on any atom is 0.162 e. The molecule has 3 aliphatic rings. The smallest absolute Gasteiger partial charge is 0.162 e. The first-order chi connectivity index (χ1) is 10.1. The molecule has 1 aliphatic heterocycles. The maximum absolute atomic E-state index is 9.71. The average Bonchev–Trinajstić information content (AvgIpc) is 2.83. The lowest BCUT2D eigenvalue weighted by atomic mass is 9.55. The van der Waals surface area contributed by atoms with E-state index in [0.717, 1.165) is 19.4 Å². The van der Waals surface area contributed by atoms with Gasteiger partial charge in [-0.2, -0.15) is 0 Å². The van der Waals surface area contributed by atoms with Crippen LogP contribution in [-0.4, -0.2) is 25.1 Å². The second-order valence-corrected chi connectivity index (χ2v) is 7.24. The predicted molar refractivity (Wildman–Crippen MR) is 80.2 cm³/mol. The van der Waals surface area contributed by atoms with Gasteiger partial charge in [0.25, 0.3) is 0 Å². The highest BCUT2D eigenvalue weighted by molar-refractivity contribution is 5.40. The Morgan fingerprint density at radius 1 is 1.33 bits per heavy atom. The molecule has 21 heavy (non-hydrogen) atoms. The molecule has 0 aromatic heterocycles. The van der Waals surface area contributed by atoms with E-state index in [1.54, 1.807) is 7.11 Å². The highest BCUT2D eigenvalue weighted by Gasteiger charge is 2.56. The summed E-state index contributed by atoms with van der Waals surface area (Å²) < 4.78 is 11.5. The van der Waals surface area contributed by atoms with Crippen molar-refractivity contribution >= 4 is 0 Å². The fourth-order valence-corrected chi connectivity index (χ4v) is 5.24. The molecule has 2 aliphatic carbocycles. The third-order valence-electron chi connectivity index (χ3n) is 6.33. The van der Waals surface area contributed by atoms with E-state index in [2.05, 4.69) is 13.0 Å². The van der Waals surface area contributed by atoms with Gasteiger partial charge in [-0.1, -0.05) is 13.0 Å². The topological polar surface area (TPSA) is 38.7 Å². The largest absolute Gasteiger partial charge is 0.508 e. The summed E-state index contributed by atoms with van der Waals surface area (Å²) in [4.78, 5) is 0. The number of aromatic hydroxyl groups is 1. The highest BCUT2D eigenvalue weighted by atomic mass is 16.7. The summed E-state index contributed by atoms with van der Waals surface area (Å²) in [5, 5.41) is 9.71. The van der Waals surface area contributed by atoms with Gasteiger partial charge in [0, 0.05) is 12.5 Å². The van der Waals surface area contributed by atoms with Crippen molar-refractivity contribution in [3.8, 4) is 5.75 Å². The third kappa shape index (κ3) is 1.87. The minimum absolute atomic E-state index is 0.0373. The molecular formula is C18H24O3. The van der Waals surface area contributed by atoms with Crippen LogP contribution < -0.4 is 0 Å². The first-order valence-corrected chi connectivity index (χ1v) is 8.09. The molecule has 1 saturated carbocycles. The Hall–Kier alpha value is -1.06. The summed E-state index contributed by atoms with van der Waals surface area (Å²) >= 11 is 0. The molecule has 0 amide bonds. The van der Waals surface area contributed by atoms with Gasteiger partial charge in [-0.15, -0.1) is 0 Å². The van der Waals surface area contributed by atoms with Crippen LogP contribution in [0.3, 0.4) is 0 Å². The Morgan fingerprint density at radius 3 is 3.00 bits per heavy atom. The molecule has 5 atom stereocenters. The van der Waals surface area contributed by atoms with Gasteiger partial charge in [0.1, 0.15) is 5.75 Å². The van der Waals surface area contributed by atoms with Crippen LogP contribution in [0.4, 0.5) is 0 Å². The van der Waals surface area contributed by atoms with Crippen LogP contribution in [0.25, 0.3) is 0 Å². The van der Waals surface area contributed by atoms with E-state index in [4.69, 9.17) is 9.47 Å². The van der Waals surface area contributed by atoms with Gasteiger partial charge in [-0.3, -0.25) is 0 Å². The minimum atomic E-state index is -0.0373. The third-order valence-corrected chi connectivity index (χ3v) is 6.33. The highest BCUT2D eigenvalue weighted by Crippen LogP contribution is 2.59. The Morgan fingerprint density at radius 2 is 2.19 bits per heavy atom. The van der Waals surface area contributed by atoms with Gasteiger partial charge in [0.2, 0.25) is 0 Å². The number of benzene rings is 1. The predicted octanol–water partition coefficient (Wildman–Crippen LogP) is 3.46. The Balaban J connectivity index is 1.68. The first kappa shape index (κ1) is 13.6. The molecule has 0 unspecified atom stereocenters. The molecule has 0 radical (unpaired) electrons. The van der Waals surface area contributed by atoms with Gasteiger partial charge in [-0.05, 0) is 66.7 Å². The monoisotopic (exact) mass is 288 g/mol. The number of methoxy groups -OCH3 is 1. The summed E-state index contributed by atoms with van der Waals surface area (Å²) in [6.07, 6.45) is 4.62. The zero-order valence-corrected chi connectivity index (χ0v) is 12.8. The lowest BCUT2D eigenvalue weighted by molar-refractivity contribution is -0.147. The van der Waals surface area contributed by atoms with Gasteiger partial charge in [0.15, 0.2) is 6.29 Å². The first-order valence-electron chi connectivity index (χ1n) is 8.09. The van der Waals surface area contributed by atoms with Gasteiger partial charge >= 0.3 is 0 Å². The molecule has 4 rings (SSSR count). The Bertz CT molecular complexity index is 555. The van der Waals surface area contributed by atoms with Crippen LogP contribution in [0.2, 0.25) is 0 Å². The zero-order valence-electron chi connectivity index (χ0n) is 12.8. The molecule has 0 spiro atoms. The number of aryl methyl sites for hydroxylation is 1. The molecule has 3 nitrogen and oxygen atoms in total. The zero-order chi connectivity index (χ0) is 14.6. The Kier molecular flexibility index (Phi) is 3.05. The van der Waals surface area contributed by atoms with Gasteiger partial charge in [-0.25, -0.2) is 0 Å². The van der Waals surface area contributed by atoms with Crippen molar-refractivity contribution in [3.63, 3.8) is 0 Å². The second-order valence-electron chi connectivity index (χ2n) is 7.24. The lowest BCUT2D eigenvalue weighted by Crippen LogP contribution is -2.45. The van der Waals surface area contributed by atoms with Crippen molar-refractivity contribution in [1.29, 1.82) is 0 Å². The van der Waals surface area contributed by atoms with Crippen LogP contribution >= 0.6 is 0 Å². The molecule has 3 heteroatoms.